The number of ketones is 2. The van der Waals surface area contributed by atoms with Crippen LogP contribution in [0.4, 0.5) is 5.69 Å². The van der Waals surface area contributed by atoms with Gasteiger partial charge in [-0.25, -0.2) is 0 Å². The predicted octanol–water partition coefficient (Wildman–Crippen LogP) is 6.70. The van der Waals surface area contributed by atoms with Gasteiger partial charge in [-0.2, -0.15) is 0 Å². The highest BCUT2D eigenvalue weighted by Gasteiger charge is 2.41. The van der Waals surface area contributed by atoms with E-state index >= 15 is 0 Å². The van der Waals surface area contributed by atoms with Gasteiger partial charge in [-0.05, 0) is 64.2 Å². The average molecular weight is 552 g/mol. The molecule has 0 unspecified atom stereocenters. The number of fused-ring (bicyclic) bond motifs is 2. The van der Waals surface area contributed by atoms with Crippen LogP contribution in [0.2, 0.25) is 0 Å². The lowest BCUT2D eigenvalue weighted by Gasteiger charge is -2.27. The van der Waals surface area contributed by atoms with Crippen LogP contribution < -0.4 is 5.32 Å². The number of aromatic nitrogens is 1. The zero-order valence-corrected chi connectivity index (χ0v) is 25.1. The number of ether oxygens (including phenoxy) is 1. The quantitative estimate of drug-likeness (QED) is 0.419. The summed E-state index contributed by atoms with van der Waals surface area (Å²) in [5.41, 5.74) is 3.78. The molecule has 2 aliphatic heterocycles. The van der Waals surface area contributed by atoms with E-state index in [0.29, 0.717) is 31.6 Å². The van der Waals surface area contributed by atoms with Crippen LogP contribution >= 0.6 is 0 Å². The minimum Gasteiger partial charge on any atom is -0.383 e. The Morgan fingerprint density at radius 1 is 1.02 bits per heavy atom. The Bertz CT molecular complexity index is 1180. The number of nitrogens with zero attached hydrogens (tertiary/aromatic N) is 2. The van der Waals surface area contributed by atoms with Gasteiger partial charge in [0.05, 0.1) is 11.6 Å². The zero-order chi connectivity index (χ0) is 28.6. The van der Waals surface area contributed by atoms with Crippen molar-refractivity contribution >= 4 is 34.1 Å². The lowest BCUT2D eigenvalue weighted by Crippen LogP contribution is -2.46. The molecule has 4 rings (SSSR count). The number of aryl methyl sites for hydroxylation is 1. The van der Waals surface area contributed by atoms with Crippen molar-refractivity contribution in [2.24, 2.45) is 0 Å². The lowest BCUT2D eigenvalue weighted by molar-refractivity contribution is -0.140. The van der Waals surface area contributed by atoms with E-state index in [2.05, 4.69) is 31.3 Å². The van der Waals surface area contributed by atoms with Crippen LogP contribution in [0, 0.1) is 0 Å². The molecule has 2 bridgehead atoms. The number of amides is 1. The largest absolute Gasteiger partial charge is 0.383 e. The molecular weight excluding hydrogens is 502 g/mol. The maximum atomic E-state index is 13.8. The molecular formula is C33H49N3O4. The van der Waals surface area contributed by atoms with Crippen LogP contribution in [0.1, 0.15) is 114 Å². The highest BCUT2D eigenvalue weighted by molar-refractivity contribution is 6.09. The summed E-state index contributed by atoms with van der Waals surface area (Å²) in [5, 5.41) is 4.42. The summed E-state index contributed by atoms with van der Waals surface area (Å²) >= 11 is 0. The molecule has 1 saturated heterocycles. The zero-order valence-electron chi connectivity index (χ0n) is 25.1. The van der Waals surface area contributed by atoms with Crippen molar-refractivity contribution in [2.75, 3.05) is 18.5 Å². The molecule has 2 aromatic rings. The van der Waals surface area contributed by atoms with E-state index in [1.54, 1.807) is 11.8 Å². The van der Waals surface area contributed by atoms with Gasteiger partial charge in [0.1, 0.15) is 12.6 Å². The van der Waals surface area contributed by atoms with Gasteiger partial charge in [0.2, 0.25) is 5.91 Å². The van der Waals surface area contributed by atoms with E-state index in [1.807, 2.05) is 17.7 Å². The van der Waals surface area contributed by atoms with Gasteiger partial charge < -0.3 is 19.5 Å². The molecule has 1 N–H and O–H groups in total. The summed E-state index contributed by atoms with van der Waals surface area (Å²) in [6.45, 7) is 8.94. The Balaban J connectivity index is 1.71. The van der Waals surface area contributed by atoms with Gasteiger partial charge in [0.15, 0.2) is 11.6 Å². The number of carbonyl (C=O) groups excluding carboxylic acids is 3. The SMILES string of the molecule is CCC(=O)[C@@H]1[C@H]2CCN1C(=O)Cn1cc(C(C)=O)c3cc(NC(C)C)cc(c31)CCCCCCCCCCCO2. The van der Waals surface area contributed by atoms with E-state index < -0.39 is 6.04 Å². The number of rotatable bonds is 5. The molecule has 1 amide bonds. The molecule has 0 spiro atoms. The second kappa shape index (κ2) is 14.3. The van der Waals surface area contributed by atoms with Crippen molar-refractivity contribution < 1.29 is 19.1 Å². The van der Waals surface area contributed by atoms with Crippen LogP contribution in [-0.2, 0) is 27.3 Å². The number of hydrogen-bond acceptors (Lipinski definition) is 5. The van der Waals surface area contributed by atoms with Gasteiger partial charge in [0.25, 0.3) is 0 Å². The van der Waals surface area contributed by atoms with Crippen LogP contribution in [-0.4, -0.2) is 58.3 Å². The first-order valence-electron chi connectivity index (χ1n) is 15.7. The Kier molecular flexibility index (Phi) is 10.8. The normalized spacial score (nSPS) is 22.0. The van der Waals surface area contributed by atoms with Crippen molar-refractivity contribution in [1.82, 2.24) is 9.47 Å². The van der Waals surface area contributed by atoms with E-state index in [4.69, 9.17) is 4.74 Å². The fourth-order valence-corrected chi connectivity index (χ4v) is 6.48. The van der Waals surface area contributed by atoms with Gasteiger partial charge in [0, 0.05) is 48.4 Å². The van der Waals surface area contributed by atoms with Crippen molar-refractivity contribution in [2.45, 2.75) is 129 Å². The van der Waals surface area contributed by atoms with Gasteiger partial charge in [-0.3, -0.25) is 14.4 Å². The maximum absolute atomic E-state index is 13.8. The maximum Gasteiger partial charge on any atom is 0.243 e. The van der Waals surface area contributed by atoms with E-state index in [-0.39, 0.29) is 36.2 Å². The standard InChI is InChI=1S/C33H49N3O4/c1-5-29(38)33-30-16-17-36(33)31(39)22-35-21-28(24(4)37)27-20-26(34-23(2)3)19-25(32(27)35)15-13-11-9-7-6-8-10-12-14-18-40-30/h19-21,23,30,33-34H,5-18,22H2,1-4H3/t30-,33-/m1/s1. The molecule has 7 heteroatoms. The highest BCUT2D eigenvalue weighted by Crippen LogP contribution is 2.32. The summed E-state index contributed by atoms with van der Waals surface area (Å²) in [6.07, 6.45) is 14.2. The summed E-state index contributed by atoms with van der Waals surface area (Å²) in [6, 6.07) is 3.99. The van der Waals surface area contributed by atoms with Crippen LogP contribution in [0.5, 0.6) is 0 Å². The van der Waals surface area contributed by atoms with Crippen molar-refractivity contribution in [3.8, 4) is 0 Å². The molecule has 0 aliphatic carbocycles. The lowest BCUT2D eigenvalue weighted by atomic mass is 9.99. The first-order valence-corrected chi connectivity index (χ1v) is 15.7. The average Bonchev–Trinajstić information content (AvgIpc) is 3.50. The summed E-state index contributed by atoms with van der Waals surface area (Å²) < 4.78 is 8.18. The third-order valence-corrected chi connectivity index (χ3v) is 8.45. The van der Waals surface area contributed by atoms with Gasteiger partial charge in [-0.15, -0.1) is 0 Å². The number of Topliss-reactive ketones (excluding diaryl/α,β-unsaturated/α-hetero) is 2. The first kappa shape index (κ1) is 30.3. The first-order chi connectivity index (χ1) is 19.3. The number of benzene rings is 1. The molecule has 3 heterocycles. The minimum absolute atomic E-state index is 0.0111. The molecule has 220 valence electrons. The Hall–Kier alpha value is -2.67. The molecule has 2 aliphatic rings. The van der Waals surface area contributed by atoms with E-state index in [9.17, 15) is 14.4 Å². The monoisotopic (exact) mass is 551 g/mol. The third kappa shape index (κ3) is 7.34. The Morgan fingerprint density at radius 2 is 1.70 bits per heavy atom. The molecule has 0 radical (unpaired) electrons. The molecule has 0 saturated carbocycles. The molecule has 40 heavy (non-hydrogen) atoms. The summed E-state index contributed by atoms with van der Waals surface area (Å²) in [4.78, 5) is 41.4. The van der Waals surface area contributed by atoms with Gasteiger partial charge in [-0.1, -0.05) is 51.9 Å². The molecule has 2 atom stereocenters. The second-order valence-electron chi connectivity index (χ2n) is 12.0. The Labute approximate surface area is 240 Å². The Morgan fingerprint density at radius 3 is 2.35 bits per heavy atom. The van der Waals surface area contributed by atoms with Crippen LogP contribution in [0.25, 0.3) is 10.9 Å². The molecule has 7 nitrogen and oxygen atoms in total. The number of hydrogen-bond donors (Lipinski definition) is 1. The molecule has 1 fully saturated rings. The van der Waals surface area contributed by atoms with Crippen LogP contribution in [0.15, 0.2) is 18.3 Å². The van der Waals surface area contributed by atoms with E-state index in [1.165, 1.54) is 44.1 Å². The van der Waals surface area contributed by atoms with Gasteiger partial charge >= 0.3 is 0 Å². The summed E-state index contributed by atoms with van der Waals surface area (Å²) in [5.74, 6) is -0.0393. The number of nitrogens with one attached hydrogen (secondary N) is 1. The minimum atomic E-state index is -0.529. The van der Waals surface area contributed by atoms with Crippen molar-refractivity contribution in [3.05, 3.63) is 29.5 Å². The topological polar surface area (TPSA) is 80.6 Å². The second-order valence-corrected chi connectivity index (χ2v) is 12.0. The number of carbonyl (C=O) groups is 3. The van der Waals surface area contributed by atoms with E-state index in [0.717, 1.165) is 42.3 Å². The smallest absolute Gasteiger partial charge is 0.243 e. The molecule has 1 aromatic carbocycles. The summed E-state index contributed by atoms with van der Waals surface area (Å²) in [7, 11) is 0. The number of anilines is 1. The van der Waals surface area contributed by atoms with Crippen LogP contribution in [0.3, 0.4) is 0 Å². The third-order valence-electron chi connectivity index (χ3n) is 8.45. The molecule has 1 aromatic heterocycles. The van der Waals surface area contributed by atoms with Crippen molar-refractivity contribution in [3.63, 3.8) is 0 Å². The highest BCUT2D eigenvalue weighted by atomic mass is 16.5. The van der Waals surface area contributed by atoms with Crippen molar-refractivity contribution in [1.29, 1.82) is 0 Å². The fourth-order valence-electron chi connectivity index (χ4n) is 6.48. The predicted molar refractivity (Wildman–Crippen MR) is 161 cm³/mol. The fraction of sp³-hybridized carbons (Fsp3) is 0.667.